The number of amides is 2. The van der Waals surface area contributed by atoms with Crippen LogP contribution in [0, 0.1) is 0 Å². The third-order valence-electron chi connectivity index (χ3n) is 6.44. The number of nitrogens with one attached hydrogen (secondary N) is 1. The molecule has 2 aliphatic rings. The second kappa shape index (κ2) is 11.8. The van der Waals surface area contributed by atoms with Gasteiger partial charge in [0.2, 0.25) is 3.79 Å². The molecule has 2 aromatic carbocycles. The predicted molar refractivity (Wildman–Crippen MR) is 152 cm³/mol. The molecule has 0 heterocycles. The highest BCUT2D eigenvalue weighted by atomic mass is 35.6. The van der Waals surface area contributed by atoms with Crippen LogP contribution in [0.15, 0.2) is 54.1 Å². The fourth-order valence-corrected chi connectivity index (χ4v) is 4.82. The third-order valence-corrected chi connectivity index (χ3v) is 6.77. The number of fused-ring (bicyclic) bond motifs is 2. The summed E-state index contributed by atoms with van der Waals surface area (Å²) in [5, 5.41) is 2.57. The zero-order valence-corrected chi connectivity index (χ0v) is 23.4. The van der Waals surface area contributed by atoms with Crippen LogP contribution < -0.4 is 16.0 Å². The Balaban J connectivity index is 1.50. The van der Waals surface area contributed by atoms with Crippen LogP contribution >= 0.6 is 34.8 Å². The van der Waals surface area contributed by atoms with Crippen molar-refractivity contribution in [1.29, 1.82) is 0 Å². The van der Waals surface area contributed by atoms with Gasteiger partial charge in [-0.3, -0.25) is 10.2 Å². The maximum absolute atomic E-state index is 12.8. The molecule has 9 nitrogen and oxygen atoms in total. The molecule has 0 aliphatic heterocycles. The van der Waals surface area contributed by atoms with E-state index >= 15 is 0 Å². The molecular weight excluding hydrogens is 569 g/mol. The van der Waals surface area contributed by atoms with Crippen LogP contribution in [0.2, 0.25) is 0 Å². The summed E-state index contributed by atoms with van der Waals surface area (Å²) in [5.41, 5.74) is 11.0. The summed E-state index contributed by atoms with van der Waals surface area (Å²) in [4.78, 5) is 38.8. The highest BCUT2D eigenvalue weighted by Gasteiger charge is 2.32. The summed E-state index contributed by atoms with van der Waals surface area (Å²) >= 11 is 16.9. The molecule has 0 spiro atoms. The Hall–Kier alpha value is -3.40. The van der Waals surface area contributed by atoms with Crippen molar-refractivity contribution in [3.63, 3.8) is 0 Å². The minimum Gasteiger partial charge on any atom is -0.465 e. The number of carbonyl (C=O) groups is 3. The van der Waals surface area contributed by atoms with E-state index in [1.54, 1.807) is 0 Å². The maximum Gasteiger partial charge on any atom is 0.414 e. The molecule has 0 radical (unpaired) electrons. The van der Waals surface area contributed by atoms with Gasteiger partial charge in [0.1, 0.15) is 13.2 Å². The van der Waals surface area contributed by atoms with Crippen molar-refractivity contribution < 1.29 is 28.6 Å². The molecule has 3 N–H and O–H groups in total. The Labute approximate surface area is 240 Å². The Morgan fingerprint density at radius 3 is 2.62 bits per heavy atom. The van der Waals surface area contributed by atoms with Crippen molar-refractivity contribution in [3.8, 4) is 0 Å². The molecule has 0 saturated carbocycles. The van der Waals surface area contributed by atoms with E-state index in [4.69, 9.17) is 54.7 Å². The van der Waals surface area contributed by atoms with E-state index in [-0.39, 0.29) is 35.2 Å². The van der Waals surface area contributed by atoms with E-state index in [2.05, 4.69) is 23.5 Å². The van der Waals surface area contributed by atoms with Crippen molar-refractivity contribution >= 4 is 75.6 Å². The number of halogens is 3. The summed E-state index contributed by atoms with van der Waals surface area (Å²) in [6.07, 6.45) is 4.42. The van der Waals surface area contributed by atoms with Crippen LogP contribution in [0.4, 0.5) is 26.7 Å². The predicted octanol–water partition coefficient (Wildman–Crippen LogP) is 6.45. The van der Waals surface area contributed by atoms with E-state index in [0.717, 1.165) is 28.9 Å². The van der Waals surface area contributed by atoms with Crippen LogP contribution in [-0.2, 0) is 14.2 Å². The molecule has 206 valence electrons. The number of methoxy groups -OCH3 is 1. The van der Waals surface area contributed by atoms with E-state index in [1.807, 2.05) is 18.2 Å². The number of nitrogens with zero attached hydrogens (tertiary/aromatic N) is 1. The van der Waals surface area contributed by atoms with Gasteiger partial charge in [-0.2, -0.15) is 0 Å². The number of rotatable bonds is 6. The first-order valence-corrected chi connectivity index (χ1v) is 13.0. The van der Waals surface area contributed by atoms with Crippen molar-refractivity contribution in [2.45, 2.75) is 22.6 Å². The van der Waals surface area contributed by atoms with Gasteiger partial charge in [-0.1, -0.05) is 76.8 Å². The summed E-state index contributed by atoms with van der Waals surface area (Å²) in [6.45, 7) is -0.384. The van der Waals surface area contributed by atoms with Gasteiger partial charge >= 0.3 is 18.2 Å². The van der Waals surface area contributed by atoms with E-state index < -0.39 is 28.6 Å². The molecule has 1 unspecified atom stereocenters. The monoisotopic (exact) mass is 593 g/mol. The van der Waals surface area contributed by atoms with E-state index in [1.165, 1.54) is 37.4 Å². The SMILES string of the molecule is COC(=O)c1cc(N(C)C(=O)OCC(Cl)(Cl)Cl)c(N)cc1NC(=O)OCC1C2=C(C=CCC2)c2ccccc21. The zero-order chi connectivity index (χ0) is 28.3. The molecule has 0 saturated heterocycles. The summed E-state index contributed by atoms with van der Waals surface area (Å²) in [5.74, 6) is -0.838. The quantitative estimate of drug-likeness (QED) is 0.171. The Morgan fingerprint density at radius 2 is 1.90 bits per heavy atom. The van der Waals surface area contributed by atoms with Gasteiger partial charge in [0, 0.05) is 13.0 Å². The van der Waals surface area contributed by atoms with Crippen LogP contribution in [0.25, 0.3) is 5.57 Å². The minimum atomic E-state index is -1.81. The van der Waals surface area contributed by atoms with E-state index in [0.29, 0.717) is 0 Å². The van der Waals surface area contributed by atoms with Crippen molar-refractivity contribution in [3.05, 3.63) is 70.8 Å². The van der Waals surface area contributed by atoms with Crippen LogP contribution in [0.5, 0.6) is 0 Å². The number of benzene rings is 2. The minimum absolute atomic E-state index is 0.0449. The number of allylic oxidation sites excluding steroid dienone is 3. The molecule has 0 bridgehead atoms. The van der Waals surface area contributed by atoms with Gasteiger partial charge in [0.25, 0.3) is 0 Å². The largest absolute Gasteiger partial charge is 0.465 e. The van der Waals surface area contributed by atoms with Crippen LogP contribution in [-0.4, -0.2) is 49.3 Å². The fraction of sp³-hybridized carbons (Fsp3) is 0.296. The molecule has 4 rings (SSSR count). The highest BCUT2D eigenvalue weighted by Crippen LogP contribution is 2.46. The molecule has 1 atom stereocenters. The molecule has 0 fully saturated rings. The molecule has 0 aromatic heterocycles. The molecule has 2 amide bonds. The lowest BCUT2D eigenvalue weighted by molar-refractivity contribution is 0.0602. The standard InChI is InChI=1S/C27H26Cl3N3O6/c1-33(26(36)39-14-27(28,29)30)23-11-19(24(34)37-2)22(12-21(23)31)32-25(35)38-13-20-17-9-5-3-7-15(17)16-8-4-6-10-18(16)20/h3-5,7-9,11-12,20H,6,10,13-14,31H2,1-2H3,(H,32,35). The van der Waals surface area contributed by atoms with Gasteiger partial charge < -0.3 is 19.9 Å². The molecule has 2 aliphatic carbocycles. The number of hydrogen-bond donors (Lipinski definition) is 2. The maximum atomic E-state index is 12.8. The third kappa shape index (κ3) is 6.43. The van der Waals surface area contributed by atoms with Crippen molar-refractivity contribution in [2.24, 2.45) is 0 Å². The average Bonchev–Trinajstić information content (AvgIpc) is 3.23. The first-order chi connectivity index (χ1) is 18.5. The molecule has 2 aromatic rings. The van der Waals surface area contributed by atoms with Gasteiger partial charge in [-0.05, 0) is 41.7 Å². The lowest BCUT2D eigenvalue weighted by atomic mass is 9.91. The number of nitrogen functional groups attached to an aromatic ring is 1. The first kappa shape index (κ1) is 28.6. The number of ether oxygens (including phenoxy) is 3. The number of hydrogen-bond acceptors (Lipinski definition) is 7. The van der Waals surface area contributed by atoms with Crippen molar-refractivity contribution in [1.82, 2.24) is 0 Å². The number of alkyl halides is 3. The normalized spacial score (nSPS) is 15.8. The number of esters is 1. The topological polar surface area (TPSA) is 120 Å². The van der Waals surface area contributed by atoms with Gasteiger partial charge in [-0.25, -0.2) is 14.4 Å². The highest BCUT2D eigenvalue weighted by molar-refractivity contribution is 6.67. The Morgan fingerprint density at radius 1 is 1.15 bits per heavy atom. The summed E-state index contributed by atoms with van der Waals surface area (Å²) in [6, 6.07) is 10.7. The van der Waals surface area contributed by atoms with Crippen molar-refractivity contribution in [2.75, 3.05) is 43.3 Å². The lowest BCUT2D eigenvalue weighted by Crippen LogP contribution is -2.31. The van der Waals surface area contributed by atoms with Gasteiger partial charge in [0.15, 0.2) is 0 Å². The molecule has 39 heavy (non-hydrogen) atoms. The van der Waals surface area contributed by atoms with Gasteiger partial charge in [0.05, 0.1) is 29.7 Å². The lowest BCUT2D eigenvalue weighted by Gasteiger charge is -2.22. The van der Waals surface area contributed by atoms with Crippen LogP contribution in [0.1, 0.15) is 40.2 Å². The number of anilines is 3. The summed E-state index contributed by atoms with van der Waals surface area (Å²) < 4.78 is 13.6. The summed E-state index contributed by atoms with van der Waals surface area (Å²) in [7, 11) is 2.54. The average molecular weight is 595 g/mol. The Bertz CT molecular complexity index is 1370. The van der Waals surface area contributed by atoms with Gasteiger partial charge in [-0.15, -0.1) is 0 Å². The number of nitrogens with two attached hydrogens (primary N) is 1. The fourth-order valence-electron chi connectivity index (χ4n) is 4.65. The zero-order valence-electron chi connectivity index (χ0n) is 21.1. The smallest absolute Gasteiger partial charge is 0.414 e. The second-order valence-electron chi connectivity index (χ2n) is 8.92. The first-order valence-electron chi connectivity index (χ1n) is 11.9. The second-order valence-corrected chi connectivity index (χ2v) is 11.4. The van der Waals surface area contributed by atoms with Crippen LogP contribution in [0.3, 0.4) is 0 Å². The molecule has 12 heteroatoms. The van der Waals surface area contributed by atoms with E-state index in [9.17, 15) is 14.4 Å². The Kier molecular flexibility index (Phi) is 8.64. The molecular formula is C27H26Cl3N3O6. The number of carbonyl (C=O) groups excluding carboxylic acids is 3.